The third kappa shape index (κ3) is 2.12. The molecule has 0 amide bonds. The van der Waals surface area contributed by atoms with Crippen LogP contribution in [0.1, 0.15) is 64.2 Å². The molecule has 4 aliphatic rings. The molecule has 102 valence electrons. The predicted octanol–water partition coefficient (Wildman–Crippen LogP) is 3.26. The molecule has 2 nitrogen and oxygen atoms in total. The van der Waals surface area contributed by atoms with Gasteiger partial charge in [-0.3, -0.25) is 0 Å². The highest BCUT2D eigenvalue weighted by atomic mass is 16.5. The molecule has 1 N–H and O–H groups in total. The van der Waals surface area contributed by atoms with E-state index in [1.807, 2.05) is 0 Å². The van der Waals surface area contributed by atoms with Crippen molar-refractivity contribution < 1.29 is 4.74 Å². The summed E-state index contributed by atoms with van der Waals surface area (Å²) in [5.41, 5.74) is 1.06. The first-order chi connectivity index (χ1) is 8.80. The molecule has 1 heterocycles. The minimum absolute atomic E-state index is 0.320. The van der Waals surface area contributed by atoms with Gasteiger partial charge in [-0.2, -0.15) is 0 Å². The quantitative estimate of drug-likeness (QED) is 0.807. The zero-order valence-electron chi connectivity index (χ0n) is 11.5. The van der Waals surface area contributed by atoms with Gasteiger partial charge in [-0.05, 0) is 62.7 Å². The lowest BCUT2D eigenvalue weighted by Crippen LogP contribution is -2.34. The predicted molar refractivity (Wildman–Crippen MR) is 72.6 cm³/mol. The van der Waals surface area contributed by atoms with Gasteiger partial charge in [0.1, 0.15) is 0 Å². The molecule has 0 bridgehead atoms. The average molecular weight is 249 g/mol. The Kier molecular flexibility index (Phi) is 2.74. The lowest BCUT2D eigenvalue weighted by Gasteiger charge is -2.24. The van der Waals surface area contributed by atoms with Crippen LogP contribution in [0, 0.1) is 11.3 Å². The van der Waals surface area contributed by atoms with Gasteiger partial charge in [0, 0.05) is 13.1 Å². The number of nitrogens with one attached hydrogen (secondary N) is 1. The van der Waals surface area contributed by atoms with Crippen LogP contribution in [-0.2, 0) is 4.74 Å². The fourth-order valence-corrected chi connectivity index (χ4v) is 4.49. The highest BCUT2D eigenvalue weighted by molar-refractivity contribution is 5.05. The third-order valence-electron chi connectivity index (χ3n) is 6.04. The van der Waals surface area contributed by atoms with Gasteiger partial charge in [0.2, 0.25) is 0 Å². The van der Waals surface area contributed by atoms with Crippen LogP contribution >= 0.6 is 0 Å². The van der Waals surface area contributed by atoms with Crippen molar-refractivity contribution in [1.29, 1.82) is 0 Å². The second-order valence-corrected chi connectivity index (χ2v) is 7.44. The summed E-state index contributed by atoms with van der Waals surface area (Å²) in [7, 11) is 0. The van der Waals surface area contributed by atoms with Crippen LogP contribution in [-0.4, -0.2) is 24.8 Å². The molecule has 1 saturated heterocycles. The highest BCUT2D eigenvalue weighted by Gasteiger charge is 2.53. The topological polar surface area (TPSA) is 21.3 Å². The molecule has 3 aliphatic carbocycles. The van der Waals surface area contributed by atoms with Crippen molar-refractivity contribution in [3.8, 4) is 0 Å². The molecule has 18 heavy (non-hydrogen) atoms. The smallest absolute Gasteiger partial charge is 0.0708 e. The van der Waals surface area contributed by atoms with Crippen LogP contribution in [0.25, 0.3) is 0 Å². The van der Waals surface area contributed by atoms with Crippen molar-refractivity contribution in [3.05, 3.63) is 0 Å². The van der Waals surface area contributed by atoms with Crippen molar-refractivity contribution in [2.24, 2.45) is 11.3 Å². The van der Waals surface area contributed by atoms with E-state index in [9.17, 15) is 0 Å². The maximum atomic E-state index is 6.36. The lowest BCUT2D eigenvalue weighted by atomic mass is 9.98. The molecular formula is C16H27NO. The minimum Gasteiger partial charge on any atom is -0.370 e. The SMILES string of the molecule is C1CCC2(C1)CCC(CNCC1(C3CC3)CC1)O2. The molecule has 4 rings (SSSR count). The molecule has 1 atom stereocenters. The van der Waals surface area contributed by atoms with E-state index in [0.717, 1.165) is 17.9 Å². The monoisotopic (exact) mass is 249 g/mol. The van der Waals surface area contributed by atoms with E-state index in [0.29, 0.717) is 11.7 Å². The summed E-state index contributed by atoms with van der Waals surface area (Å²) in [6.45, 7) is 2.38. The summed E-state index contributed by atoms with van der Waals surface area (Å²) < 4.78 is 6.36. The van der Waals surface area contributed by atoms with Crippen molar-refractivity contribution in [2.75, 3.05) is 13.1 Å². The zero-order chi connectivity index (χ0) is 12.1. The highest BCUT2D eigenvalue weighted by Crippen LogP contribution is 2.60. The molecular weight excluding hydrogens is 222 g/mol. The van der Waals surface area contributed by atoms with E-state index in [1.165, 1.54) is 70.8 Å². The van der Waals surface area contributed by atoms with E-state index in [2.05, 4.69) is 5.32 Å². The fourth-order valence-electron chi connectivity index (χ4n) is 4.49. The molecule has 1 spiro atoms. The van der Waals surface area contributed by atoms with Gasteiger partial charge >= 0.3 is 0 Å². The van der Waals surface area contributed by atoms with E-state index in [-0.39, 0.29) is 0 Å². The number of rotatable bonds is 5. The molecule has 1 unspecified atom stereocenters. The Bertz CT molecular complexity index is 313. The standard InChI is InChI=1S/C16H27NO/c1-2-7-16(6-1)8-5-14(18-16)11-17-12-15(9-10-15)13-3-4-13/h13-14,17H,1-12H2. The van der Waals surface area contributed by atoms with Gasteiger partial charge < -0.3 is 10.1 Å². The van der Waals surface area contributed by atoms with Crippen LogP contribution in [0.3, 0.4) is 0 Å². The van der Waals surface area contributed by atoms with E-state index >= 15 is 0 Å². The van der Waals surface area contributed by atoms with Gasteiger partial charge in [-0.15, -0.1) is 0 Å². The molecule has 3 saturated carbocycles. The lowest BCUT2D eigenvalue weighted by molar-refractivity contribution is -0.0354. The first kappa shape index (κ1) is 11.7. The summed E-state index contributed by atoms with van der Waals surface area (Å²) in [5.74, 6) is 1.08. The number of hydrogen-bond donors (Lipinski definition) is 1. The number of ether oxygens (including phenoxy) is 1. The number of hydrogen-bond acceptors (Lipinski definition) is 2. The Balaban J connectivity index is 1.22. The first-order valence-corrected chi connectivity index (χ1v) is 8.19. The molecule has 4 fully saturated rings. The minimum atomic E-state index is 0.320. The van der Waals surface area contributed by atoms with Gasteiger partial charge in [0.05, 0.1) is 11.7 Å². The molecule has 1 aliphatic heterocycles. The Morgan fingerprint density at radius 2 is 1.72 bits per heavy atom. The largest absolute Gasteiger partial charge is 0.370 e. The second-order valence-electron chi connectivity index (χ2n) is 7.44. The Labute approximate surface area is 111 Å². The van der Waals surface area contributed by atoms with E-state index in [4.69, 9.17) is 4.74 Å². The van der Waals surface area contributed by atoms with Crippen LogP contribution < -0.4 is 5.32 Å². The maximum Gasteiger partial charge on any atom is 0.0708 e. The summed E-state index contributed by atoms with van der Waals surface area (Å²) in [4.78, 5) is 0. The molecule has 0 aromatic carbocycles. The van der Waals surface area contributed by atoms with Crippen molar-refractivity contribution in [1.82, 2.24) is 5.32 Å². The fraction of sp³-hybridized carbons (Fsp3) is 1.00. The van der Waals surface area contributed by atoms with E-state index in [1.54, 1.807) is 0 Å². The second kappa shape index (κ2) is 4.21. The van der Waals surface area contributed by atoms with Gasteiger partial charge in [0.15, 0.2) is 0 Å². The molecule has 0 radical (unpaired) electrons. The summed E-state index contributed by atoms with van der Waals surface area (Å²) in [6.07, 6.45) is 14.6. The van der Waals surface area contributed by atoms with Crippen molar-refractivity contribution in [2.45, 2.75) is 75.9 Å². The Morgan fingerprint density at radius 3 is 2.39 bits per heavy atom. The third-order valence-corrected chi connectivity index (χ3v) is 6.04. The van der Waals surface area contributed by atoms with Gasteiger partial charge in [0.25, 0.3) is 0 Å². The molecule has 0 aromatic heterocycles. The zero-order valence-corrected chi connectivity index (χ0v) is 11.5. The normalized spacial score (nSPS) is 36.3. The van der Waals surface area contributed by atoms with Crippen LogP contribution in [0.15, 0.2) is 0 Å². The summed E-state index contributed by atoms with van der Waals surface area (Å²) in [6, 6.07) is 0. The van der Waals surface area contributed by atoms with Crippen molar-refractivity contribution >= 4 is 0 Å². The van der Waals surface area contributed by atoms with Gasteiger partial charge in [-0.1, -0.05) is 12.8 Å². The molecule has 0 aromatic rings. The first-order valence-electron chi connectivity index (χ1n) is 8.19. The van der Waals surface area contributed by atoms with Crippen LogP contribution in [0.2, 0.25) is 0 Å². The van der Waals surface area contributed by atoms with Crippen LogP contribution in [0.5, 0.6) is 0 Å². The molecule has 2 heteroatoms. The average Bonchev–Trinajstić information content (AvgIpc) is 3.28. The van der Waals surface area contributed by atoms with Crippen LogP contribution in [0.4, 0.5) is 0 Å². The summed E-state index contributed by atoms with van der Waals surface area (Å²) >= 11 is 0. The maximum absolute atomic E-state index is 6.36. The van der Waals surface area contributed by atoms with Crippen molar-refractivity contribution in [3.63, 3.8) is 0 Å². The Hall–Kier alpha value is -0.0800. The summed E-state index contributed by atoms with van der Waals surface area (Å²) in [5, 5.41) is 3.73. The van der Waals surface area contributed by atoms with Gasteiger partial charge in [-0.25, -0.2) is 0 Å². The Morgan fingerprint density at radius 1 is 0.944 bits per heavy atom. The van der Waals surface area contributed by atoms with E-state index < -0.39 is 0 Å².